The predicted octanol–water partition coefficient (Wildman–Crippen LogP) is 3.11. The normalized spacial score (nSPS) is 12.7. The SMILES string of the molecule is Cc1nc(CC(NN)c2ccc(I)cc2)sc1C. The molecule has 0 aliphatic rings. The van der Waals surface area contributed by atoms with Gasteiger partial charge in [0.1, 0.15) is 0 Å². The van der Waals surface area contributed by atoms with E-state index in [1.807, 2.05) is 6.92 Å². The van der Waals surface area contributed by atoms with Crippen LogP contribution in [0.25, 0.3) is 0 Å². The van der Waals surface area contributed by atoms with Gasteiger partial charge in [-0.1, -0.05) is 12.1 Å². The maximum atomic E-state index is 5.66. The second kappa shape index (κ2) is 6.10. The quantitative estimate of drug-likeness (QED) is 0.492. The summed E-state index contributed by atoms with van der Waals surface area (Å²) in [4.78, 5) is 5.84. The number of aryl methyl sites for hydroxylation is 2. The van der Waals surface area contributed by atoms with E-state index in [1.165, 1.54) is 14.0 Å². The Labute approximate surface area is 125 Å². The van der Waals surface area contributed by atoms with E-state index in [2.05, 4.69) is 64.2 Å². The van der Waals surface area contributed by atoms with Crippen molar-refractivity contribution < 1.29 is 0 Å². The molecule has 18 heavy (non-hydrogen) atoms. The number of nitrogens with two attached hydrogens (primary N) is 1. The molecule has 5 heteroatoms. The molecule has 0 spiro atoms. The number of nitrogens with one attached hydrogen (secondary N) is 1. The van der Waals surface area contributed by atoms with Crippen LogP contribution in [0.15, 0.2) is 24.3 Å². The third kappa shape index (κ3) is 3.28. The van der Waals surface area contributed by atoms with Crippen molar-refractivity contribution in [3.63, 3.8) is 0 Å². The molecule has 1 atom stereocenters. The van der Waals surface area contributed by atoms with Crippen LogP contribution in [0.5, 0.6) is 0 Å². The second-order valence-electron chi connectivity index (χ2n) is 4.22. The molecule has 0 bridgehead atoms. The van der Waals surface area contributed by atoms with E-state index < -0.39 is 0 Å². The molecule has 2 rings (SSSR count). The number of thiazole rings is 1. The van der Waals surface area contributed by atoms with Gasteiger partial charge in [-0.2, -0.15) is 0 Å². The first-order chi connectivity index (χ1) is 8.60. The monoisotopic (exact) mass is 373 g/mol. The van der Waals surface area contributed by atoms with Gasteiger partial charge in [-0.3, -0.25) is 11.3 Å². The van der Waals surface area contributed by atoms with Crippen molar-refractivity contribution in [1.29, 1.82) is 0 Å². The van der Waals surface area contributed by atoms with E-state index in [-0.39, 0.29) is 6.04 Å². The number of hydrazine groups is 1. The Hall–Kier alpha value is -0.500. The Kier molecular flexibility index (Phi) is 4.71. The highest BCUT2D eigenvalue weighted by molar-refractivity contribution is 14.1. The van der Waals surface area contributed by atoms with Crippen molar-refractivity contribution in [3.05, 3.63) is 49.0 Å². The molecule has 0 radical (unpaired) electrons. The van der Waals surface area contributed by atoms with Gasteiger partial charge < -0.3 is 0 Å². The van der Waals surface area contributed by atoms with E-state index in [4.69, 9.17) is 5.84 Å². The van der Waals surface area contributed by atoms with Gasteiger partial charge in [0.15, 0.2) is 0 Å². The van der Waals surface area contributed by atoms with Crippen molar-refractivity contribution >= 4 is 33.9 Å². The van der Waals surface area contributed by atoms with Crippen molar-refractivity contribution in [2.45, 2.75) is 26.3 Å². The standard InChI is InChI=1S/C13H16IN3S/c1-8-9(2)18-13(16-8)7-12(17-15)10-3-5-11(14)6-4-10/h3-6,12,17H,7,15H2,1-2H3. The molecular formula is C13H16IN3S. The van der Waals surface area contributed by atoms with E-state index in [1.54, 1.807) is 11.3 Å². The first-order valence-corrected chi connectivity index (χ1v) is 7.64. The van der Waals surface area contributed by atoms with Gasteiger partial charge in [-0.25, -0.2) is 4.98 Å². The van der Waals surface area contributed by atoms with Crippen LogP contribution < -0.4 is 11.3 Å². The van der Waals surface area contributed by atoms with Gasteiger partial charge in [-0.05, 0) is 54.1 Å². The Morgan fingerprint density at radius 1 is 1.33 bits per heavy atom. The third-order valence-electron chi connectivity index (χ3n) is 2.93. The van der Waals surface area contributed by atoms with Crippen molar-refractivity contribution in [2.75, 3.05) is 0 Å². The molecule has 0 aliphatic heterocycles. The topological polar surface area (TPSA) is 50.9 Å². The minimum absolute atomic E-state index is 0.118. The molecule has 1 unspecified atom stereocenters. The lowest BCUT2D eigenvalue weighted by Gasteiger charge is -2.14. The molecule has 0 fully saturated rings. The molecule has 0 saturated heterocycles. The highest BCUT2D eigenvalue weighted by atomic mass is 127. The number of rotatable bonds is 4. The van der Waals surface area contributed by atoms with Crippen molar-refractivity contribution in [1.82, 2.24) is 10.4 Å². The summed E-state index contributed by atoms with van der Waals surface area (Å²) < 4.78 is 1.23. The fraction of sp³-hybridized carbons (Fsp3) is 0.308. The molecular weight excluding hydrogens is 357 g/mol. The van der Waals surface area contributed by atoms with Crippen LogP contribution in [0.4, 0.5) is 0 Å². The maximum Gasteiger partial charge on any atom is 0.0950 e. The first kappa shape index (κ1) is 13.9. The molecule has 0 saturated carbocycles. The number of hydrogen-bond acceptors (Lipinski definition) is 4. The first-order valence-electron chi connectivity index (χ1n) is 5.74. The van der Waals surface area contributed by atoms with Crippen molar-refractivity contribution in [2.24, 2.45) is 5.84 Å². The van der Waals surface area contributed by atoms with Gasteiger partial charge >= 0.3 is 0 Å². The van der Waals surface area contributed by atoms with Crippen LogP contribution in [0.2, 0.25) is 0 Å². The van der Waals surface area contributed by atoms with Gasteiger partial charge in [0.05, 0.1) is 16.7 Å². The summed E-state index contributed by atoms with van der Waals surface area (Å²) in [6, 6.07) is 8.53. The molecule has 1 heterocycles. The fourth-order valence-electron chi connectivity index (χ4n) is 1.77. The van der Waals surface area contributed by atoms with E-state index >= 15 is 0 Å². The maximum absolute atomic E-state index is 5.66. The summed E-state index contributed by atoms with van der Waals surface area (Å²) in [7, 11) is 0. The summed E-state index contributed by atoms with van der Waals surface area (Å²) in [5.74, 6) is 5.66. The van der Waals surface area contributed by atoms with Gasteiger partial charge in [0.2, 0.25) is 0 Å². The summed E-state index contributed by atoms with van der Waals surface area (Å²) in [5.41, 5.74) is 5.20. The Balaban J connectivity index is 2.16. The van der Waals surface area contributed by atoms with Crippen LogP contribution >= 0.6 is 33.9 Å². The van der Waals surface area contributed by atoms with Gasteiger partial charge in [-0.15, -0.1) is 11.3 Å². The van der Waals surface area contributed by atoms with Gasteiger partial charge in [0.25, 0.3) is 0 Å². The lowest BCUT2D eigenvalue weighted by atomic mass is 10.1. The summed E-state index contributed by atoms with van der Waals surface area (Å²) in [6.07, 6.45) is 0.830. The Bertz CT molecular complexity index is 502. The Morgan fingerprint density at radius 2 is 2.00 bits per heavy atom. The molecule has 3 N–H and O–H groups in total. The van der Waals surface area contributed by atoms with Crippen molar-refractivity contribution in [3.8, 4) is 0 Å². The van der Waals surface area contributed by atoms with Crippen LogP contribution in [0.1, 0.15) is 27.2 Å². The highest BCUT2D eigenvalue weighted by Crippen LogP contribution is 2.23. The second-order valence-corrected chi connectivity index (χ2v) is 6.76. The minimum Gasteiger partial charge on any atom is -0.271 e. The zero-order valence-corrected chi connectivity index (χ0v) is 13.4. The molecule has 0 amide bonds. The predicted molar refractivity (Wildman–Crippen MR) is 84.5 cm³/mol. The summed E-state index contributed by atoms with van der Waals surface area (Å²) in [5, 5.41) is 1.13. The van der Waals surface area contributed by atoms with Crippen LogP contribution in [-0.2, 0) is 6.42 Å². The largest absolute Gasteiger partial charge is 0.271 e. The molecule has 0 aliphatic carbocycles. The van der Waals surface area contributed by atoms with Gasteiger partial charge in [0, 0.05) is 14.9 Å². The number of hydrogen-bond donors (Lipinski definition) is 2. The average Bonchev–Trinajstić information content (AvgIpc) is 2.67. The lowest BCUT2D eigenvalue weighted by molar-refractivity contribution is 0.550. The van der Waals surface area contributed by atoms with E-state index in [9.17, 15) is 0 Å². The number of aromatic nitrogens is 1. The molecule has 96 valence electrons. The van der Waals surface area contributed by atoms with E-state index in [0.717, 1.165) is 17.1 Å². The van der Waals surface area contributed by atoms with E-state index in [0.29, 0.717) is 0 Å². The van der Waals surface area contributed by atoms with Crippen LogP contribution in [-0.4, -0.2) is 4.98 Å². The fourth-order valence-corrected chi connectivity index (χ4v) is 3.11. The number of benzene rings is 1. The molecule has 2 aromatic rings. The Morgan fingerprint density at radius 3 is 2.50 bits per heavy atom. The molecule has 1 aromatic heterocycles. The molecule has 3 nitrogen and oxygen atoms in total. The third-order valence-corrected chi connectivity index (χ3v) is 4.74. The highest BCUT2D eigenvalue weighted by Gasteiger charge is 2.13. The van der Waals surface area contributed by atoms with Crippen LogP contribution in [0, 0.1) is 17.4 Å². The number of halogens is 1. The zero-order chi connectivity index (χ0) is 13.1. The molecule has 1 aromatic carbocycles. The summed E-state index contributed by atoms with van der Waals surface area (Å²) >= 11 is 4.05. The van der Waals surface area contributed by atoms with Crippen LogP contribution in [0.3, 0.4) is 0 Å². The zero-order valence-electron chi connectivity index (χ0n) is 10.4. The number of nitrogens with zero attached hydrogens (tertiary/aromatic N) is 1. The minimum atomic E-state index is 0.118. The smallest absolute Gasteiger partial charge is 0.0950 e. The summed E-state index contributed by atoms with van der Waals surface area (Å²) in [6.45, 7) is 4.15. The average molecular weight is 373 g/mol. The lowest BCUT2D eigenvalue weighted by Crippen LogP contribution is -2.29.